The third kappa shape index (κ3) is 5.03. The first-order valence-corrected chi connectivity index (χ1v) is 8.76. The number of carbonyl (C=O) groups is 2. The maximum atomic E-state index is 12.7. The summed E-state index contributed by atoms with van der Waals surface area (Å²) in [6, 6.07) is 3.29. The Kier molecular flexibility index (Phi) is 7.29. The standard InChI is InChI=1S/C19H27NO7/c1-24-14-9-13(10-18(22)23)20(11-14)17(21)6-5-12-7-15(25-2)19(27-4)16(8-12)26-3/h7-8,13-14H,5-6,9-11H2,1-4H3,(H,22,23). The van der Waals surface area contributed by atoms with Crippen LogP contribution in [0.5, 0.6) is 17.2 Å². The molecule has 2 rings (SSSR count). The number of nitrogens with zero attached hydrogens (tertiary/aromatic N) is 1. The van der Waals surface area contributed by atoms with Crippen molar-refractivity contribution in [1.82, 2.24) is 4.90 Å². The predicted molar refractivity (Wildman–Crippen MR) is 97.6 cm³/mol. The zero-order chi connectivity index (χ0) is 20.0. The summed E-state index contributed by atoms with van der Waals surface area (Å²) in [7, 11) is 6.19. The van der Waals surface area contributed by atoms with Crippen LogP contribution in [0.25, 0.3) is 0 Å². The Labute approximate surface area is 159 Å². The van der Waals surface area contributed by atoms with Crippen molar-refractivity contribution in [2.75, 3.05) is 35.0 Å². The van der Waals surface area contributed by atoms with E-state index in [2.05, 4.69) is 0 Å². The van der Waals surface area contributed by atoms with E-state index in [0.717, 1.165) is 5.56 Å². The van der Waals surface area contributed by atoms with Crippen LogP contribution in [0.1, 0.15) is 24.8 Å². The monoisotopic (exact) mass is 381 g/mol. The number of likely N-dealkylation sites (tertiary alicyclic amines) is 1. The second-order valence-corrected chi connectivity index (χ2v) is 6.42. The summed E-state index contributed by atoms with van der Waals surface area (Å²) in [4.78, 5) is 25.4. The van der Waals surface area contributed by atoms with E-state index < -0.39 is 5.97 Å². The first-order valence-electron chi connectivity index (χ1n) is 8.76. The average molecular weight is 381 g/mol. The Balaban J connectivity index is 2.08. The van der Waals surface area contributed by atoms with Crippen LogP contribution in [-0.2, 0) is 20.7 Å². The zero-order valence-electron chi connectivity index (χ0n) is 16.2. The van der Waals surface area contributed by atoms with E-state index >= 15 is 0 Å². The predicted octanol–water partition coefficient (Wildman–Crippen LogP) is 1.74. The molecule has 8 heteroatoms. The molecule has 1 saturated heterocycles. The summed E-state index contributed by atoms with van der Waals surface area (Å²) >= 11 is 0. The summed E-state index contributed by atoms with van der Waals surface area (Å²) in [5.74, 6) is 0.556. The molecule has 1 amide bonds. The summed E-state index contributed by atoms with van der Waals surface area (Å²) in [5, 5.41) is 9.09. The van der Waals surface area contributed by atoms with E-state index in [-0.39, 0.29) is 30.9 Å². The average Bonchev–Trinajstić information content (AvgIpc) is 3.07. The number of hydrogen-bond donors (Lipinski definition) is 1. The van der Waals surface area contributed by atoms with Crippen molar-refractivity contribution in [2.45, 2.75) is 37.8 Å². The van der Waals surface area contributed by atoms with Gasteiger partial charge in [-0.2, -0.15) is 0 Å². The van der Waals surface area contributed by atoms with Crippen molar-refractivity contribution in [3.8, 4) is 17.2 Å². The van der Waals surface area contributed by atoms with Gasteiger partial charge in [-0.15, -0.1) is 0 Å². The van der Waals surface area contributed by atoms with Crippen molar-refractivity contribution in [2.24, 2.45) is 0 Å². The lowest BCUT2D eigenvalue weighted by Gasteiger charge is -2.23. The number of amides is 1. The molecule has 1 aromatic rings. The van der Waals surface area contributed by atoms with Gasteiger partial charge in [0.15, 0.2) is 11.5 Å². The van der Waals surface area contributed by atoms with Crippen molar-refractivity contribution < 1.29 is 33.6 Å². The molecule has 2 atom stereocenters. The van der Waals surface area contributed by atoms with Crippen molar-refractivity contribution >= 4 is 11.9 Å². The maximum absolute atomic E-state index is 12.7. The molecule has 0 saturated carbocycles. The maximum Gasteiger partial charge on any atom is 0.305 e. The Morgan fingerprint density at radius 3 is 2.22 bits per heavy atom. The van der Waals surface area contributed by atoms with Crippen LogP contribution in [0.4, 0.5) is 0 Å². The lowest BCUT2D eigenvalue weighted by atomic mass is 10.1. The minimum Gasteiger partial charge on any atom is -0.493 e. The number of carboxylic acid groups (broad SMARTS) is 1. The molecule has 0 aliphatic carbocycles. The number of hydrogen-bond acceptors (Lipinski definition) is 6. The highest BCUT2D eigenvalue weighted by Gasteiger charge is 2.36. The minimum absolute atomic E-state index is 0.0736. The second kappa shape index (κ2) is 9.45. The SMILES string of the molecule is COc1cc(CCC(=O)N2CC(OC)CC2CC(=O)O)cc(OC)c1OC. The van der Waals surface area contributed by atoms with E-state index in [1.165, 1.54) is 21.3 Å². The molecule has 0 bridgehead atoms. The molecule has 1 aliphatic heterocycles. The highest BCUT2D eigenvalue weighted by molar-refractivity contribution is 5.78. The molecule has 0 spiro atoms. The molecular formula is C19H27NO7. The first kappa shape index (κ1) is 20.8. The number of aryl methyl sites for hydroxylation is 1. The zero-order valence-corrected chi connectivity index (χ0v) is 16.2. The van der Waals surface area contributed by atoms with Gasteiger partial charge >= 0.3 is 5.97 Å². The summed E-state index contributed by atoms with van der Waals surface area (Å²) in [6.45, 7) is 0.419. The van der Waals surface area contributed by atoms with Crippen LogP contribution in [0, 0.1) is 0 Å². The Hall–Kier alpha value is -2.48. The molecule has 150 valence electrons. The van der Waals surface area contributed by atoms with E-state index in [1.807, 2.05) is 12.1 Å². The largest absolute Gasteiger partial charge is 0.493 e. The highest BCUT2D eigenvalue weighted by Crippen LogP contribution is 2.38. The molecule has 8 nitrogen and oxygen atoms in total. The van der Waals surface area contributed by atoms with Gasteiger partial charge < -0.3 is 29.0 Å². The molecule has 0 aromatic heterocycles. The van der Waals surface area contributed by atoms with Gasteiger partial charge in [0.1, 0.15) is 0 Å². The van der Waals surface area contributed by atoms with Crippen LogP contribution in [-0.4, -0.2) is 69.0 Å². The van der Waals surface area contributed by atoms with Gasteiger partial charge in [-0.1, -0.05) is 0 Å². The molecule has 1 aromatic carbocycles. The second-order valence-electron chi connectivity index (χ2n) is 6.42. The number of methoxy groups -OCH3 is 4. The Morgan fingerprint density at radius 1 is 1.11 bits per heavy atom. The summed E-state index contributed by atoms with van der Waals surface area (Å²) in [5.41, 5.74) is 0.870. The number of ether oxygens (including phenoxy) is 4. The van der Waals surface area contributed by atoms with Crippen molar-refractivity contribution in [3.63, 3.8) is 0 Å². The molecular weight excluding hydrogens is 354 g/mol. The number of carbonyl (C=O) groups excluding carboxylic acids is 1. The fourth-order valence-electron chi connectivity index (χ4n) is 3.42. The molecule has 2 unspecified atom stereocenters. The lowest BCUT2D eigenvalue weighted by molar-refractivity contribution is -0.139. The molecule has 0 radical (unpaired) electrons. The van der Waals surface area contributed by atoms with E-state index in [9.17, 15) is 9.59 Å². The number of aliphatic carboxylic acids is 1. The van der Waals surface area contributed by atoms with E-state index in [4.69, 9.17) is 24.1 Å². The minimum atomic E-state index is -0.917. The van der Waals surface area contributed by atoms with Gasteiger partial charge in [-0.3, -0.25) is 9.59 Å². The highest BCUT2D eigenvalue weighted by atomic mass is 16.5. The summed E-state index contributed by atoms with van der Waals surface area (Å²) in [6.07, 6.45) is 1.07. The molecule has 27 heavy (non-hydrogen) atoms. The lowest BCUT2D eigenvalue weighted by Crippen LogP contribution is -2.37. The van der Waals surface area contributed by atoms with Gasteiger partial charge in [0, 0.05) is 26.1 Å². The number of benzene rings is 1. The fourth-order valence-corrected chi connectivity index (χ4v) is 3.42. The topological polar surface area (TPSA) is 94.5 Å². The molecule has 1 N–H and O–H groups in total. The van der Waals surface area contributed by atoms with E-state index in [0.29, 0.717) is 36.6 Å². The normalized spacial score (nSPS) is 19.0. The van der Waals surface area contributed by atoms with Gasteiger partial charge in [0.2, 0.25) is 11.7 Å². The summed E-state index contributed by atoms with van der Waals surface area (Å²) < 4.78 is 21.3. The Bertz CT molecular complexity index is 651. The van der Waals surface area contributed by atoms with Gasteiger partial charge in [-0.25, -0.2) is 0 Å². The van der Waals surface area contributed by atoms with E-state index in [1.54, 1.807) is 12.0 Å². The van der Waals surface area contributed by atoms with Gasteiger partial charge in [-0.05, 0) is 30.5 Å². The number of carboxylic acids is 1. The van der Waals surface area contributed by atoms with Crippen LogP contribution >= 0.6 is 0 Å². The number of rotatable bonds is 9. The smallest absolute Gasteiger partial charge is 0.305 e. The van der Waals surface area contributed by atoms with Crippen molar-refractivity contribution in [1.29, 1.82) is 0 Å². The molecule has 1 fully saturated rings. The van der Waals surface area contributed by atoms with Gasteiger partial charge in [0.25, 0.3) is 0 Å². The third-order valence-corrected chi connectivity index (χ3v) is 4.79. The molecule has 1 aliphatic rings. The third-order valence-electron chi connectivity index (χ3n) is 4.79. The fraction of sp³-hybridized carbons (Fsp3) is 0.579. The van der Waals surface area contributed by atoms with Crippen molar-refractivity contribution in [3.05, 3.63) is 17.7 Å². The van der Waals surface area contributed by atoms with Crippen LogP contribution in [0.15, 0.2) is 12.1 Å². The van der Waals surface area contributed by atoms with Crippen LogP contribution in [0.3, 0.4) is 0 Å². The first-order chi connectivity index (χ1) is 12.9. The van der Waals surface area contributed by atoms with Crippen LogP contribution in [0.2, 0.25) is 0 Å². The van der Waals surface area contributed by atoms with Crippen LogP contribution < -0.4 is 14.2 Å². The molecule has 1 heterocycles. The quantitative estimate of drug-likeness (QED) is 0.696. The van der Waals surface area contributed by atoms with Gasteiger partial charge in [0.05, 0.1) is 33.9 Å². The Morgan fingerprint density at radius 2 is 1.74 bits per heavy atom.